The molecule has 2 aliphatic heterocycles. The van der Waals surface area contributed by atoms with Crippen LogP contribution in [-0.4, -0.2) is 55.7 Å². The predicted molar refractivity (Wildman–Crippen MR) is 121 cm³/mol. The molecule has 1 atom stereocenters. The molecular weight excluding hydrogens is 428 g/mol. The summed E-state index contributed by atoms with van der Waals surface area (Å²) in [5.74, 6) is -0.146. The van der Waals surface area contributed by atoms with E-state index >= 15 is 0 Å². The molecule has 2 saturated heterocycles. The molecular formula is C25H31F2N3O3. The van der Waals surface area contributed by atoms with Crippen LogP contribution in [0.1, 0.15) is 42.9 Å². The minimum absolute atomic E-state index is 0.0523. The van der Waals surface area contributed by atoms with E-state index in [-0.39, 0.29) is 18.1 Å². The number of nitrogens with zero attached hydrogens (tertiary/aromatic N) is 2. The van der Waals surface area contributed by atoms with E-state index in [1.807, 2.05) is 23.1 Å². The smallest absolute Gasteiger partial charge is 0.318 e. The van der Waals surface area contributed by atoms with Gasteiger partial charge in [-0.15, -0.1) is 0 Å². The zero-order chi connectivity index (χ0) is 23.4. The van der Waals surface area contributed by atoms with Crippen LogP contribution < -0.4 is 14.8 Å². The molecule has 2 aliphatic rings. The highest BCUT2D eigenvalue weighted by Gasteiger charge is 2.33. The Morgan fingerprint density at radius 1 is 1.00 bits per heavy atom. The number of likely N-dealkylation sites (tertiary alicyclic amines) is 2. The minimum atomic E-state index is -0.827. The lowest BCUT2D eigenvalue weighted by atomic mass is 10.0. The van der Waals surface area contributed by atoms with Gasteiger partial charge in [-0.3, -0.25) is 4.90 Å². The first-order chi connectivity index (χ1) is 16.0. The Morgan fingerprint density at radius 3 is 2.48 bits per heavy atom. The summed E-state index contributed by atoms with van der Waals surface area (Å²) in [6.07, 6.45) is 3.45. The number of urea groups is 1. The van der Waals surface area contributed by atoms with Crippen LogP contribution in [0.3, 0.4) is 0 Å². The van der Waals surface area contributed by atoms with Gasteiger partial charge in [-0.1, -0.05) is 6.07 Å². The summed E-state index contributed by atoms with van der Waals surface area (Å²) in [5.41, 5.74) is 1.72. The molecule has 0 spiro atoms. The van der Waals surface area contributed by atoms with Gasteiger partial charge in [0.15, 0.2) is 11.6 Å². The summed E-state index contributed by atoms with van der Waals surface area (Å²) < 4.78 is 37.5. The summed E-state index contributed by atoms with van der Waals surface area (Å²) in [7, 11) is 3.27. The average Bonchev–Trinajstić information content (AvgIpc) is 3.32. The lowest BCUT2D eigenvalue weighted by molar-refractivity contribution is 0.165. The number of amides is 2. The van der Waals surface area contributed by atoms with Crippen LogP contribution in [0.15, 0.2) is 36.4 Å². The van der Waals surface area contributed by atoms with Crippen LogP contribution in [0.2, 0.25) is 0 Å². The number of carbonyl (C=O) groups is 1. The van der Waals surface area contributed by atoms with Crippen molar-refractivity contribution in [2.45, 2.75) is 44.3 Å². The number of piperidine rings is 1. The first-order valence-electron chi connectivity index (χ1n) is 11.4. The van der Waals surface area contributed by atoms with Crippen molar-refractivity contribution in [1.29, 1.82) is 0 Å². The molecule has 4 rings (SSSR count). The summed E-state index contributed by atoms with van der Waals surface area (Å²) in [6, 6.07) is 9.71. The van der Waals surface area contributed by atoms with Gasteiger partial charge in [0.25, 0.3) is 0 Å². The third-order valence-corrected chi connectivity index (χ3v) is 6.61. The van der Waals surface area contributed by atoms with Crippen molar-refractivity contribution >= 4 is 6.03 Å². The van der Waals surface area contributed by atoms with Gasteiger partial charge < -0.3 is 19.7 Å². The Hall–Kier alpha value is -2.87. The molecule has 2 fully saturated rings. The second kappa shape index (κ2) is 10.4. The zero-order valence-electron chi connectivity index (χ0n) is 19.2. The Kier molecular flexibility index (Phi) is 7.33. The predicted octanol–water partition coefficient (Wildman–Crippen LogP) is 4.49. The molecule has 2 aromatic carbocycles. The number of nitrogens with one attached hydrogen (secondary N) is 1. The van der Waals surface area contributed by atoms with Gasteiger partial charge in [0.1, 0.15) is 11.5 Å². The van der Waals surface area contributed by atoms with Crippen molar-refractivity contribution in [3.05, 3.63) is 59.2 Å². The monoisotopic (exact) mass is 459 g/mol. The number of methoxy groups -OCH3 is 2. The standard InChI is InChI=1S/C25H31F2N3O3/c1-32-19-6-8-24(33-2)20(15-19)23-4-3-11-30(23)25(31)28-18-9-12-29(13-10-18)16-17-5-7-21(26)22(27)14-17/h5-8,14-15,18,23H,3-4,9-13,16H2,1-2H3,(H,28,31). The summed E-state index contributed by atoms with van der Waals surface area (Å²) in [5, 5.41) is 3.21. The summed E-state index contributed by atoms with van der Waals surface area (Å²) >= 11 is 0. The molecule has 33 heavy (non-hydrogen) atoms. The van der Waals surface area contributed by atoms with Crippen LogP contribution in [0.4, 0.5) is 13.6 Å². The molecule has 0 saturated carbocycles. The molecule has 2 aromatic rings. The van der Waals surface area contributed by atoms with E-state index in [2.05, 4.69) is 10.2 Å². The van der Waals surface area contributed by atoms with Crippen LogP contribution in [-0.2, 0) is 6.54 Å². The van der Waals surface area contributed by atoms with Crippen molar-refractivity contribution in [3.63, 3.8) is 0 Å². The van der Waals surface area contributed by atoms with Crippen molar-refractivity contribution in [2.75, 3.05) is 33.9 Å². The molecule has 0 bridgehead atoms. The number of rotatable bonds is 6. The first-order valence-corrected chi connectivity index (χ1v) is 11.4. The van der Waals surface area contributed by atoms with Gasteiger partial charge in [-0.2, -0.15) is 0 Å². The SMILES string of the molecule is COc1ccc(OC)c(C2CCCN2C(=O)NC2CCN(Cc3ccc(F)c(F)c3)CC2)c1. The maximum absolute atomic E-state index is 13.5. The average molecular weight is 460 g/mol. The Labute approximate surface area is 193 Å². The number of carbonyl (C=O) groups excluding carboxylic acids is 1. The van der Waals surface area contributed by atoms with E-state index in [1.54, 1.807) is 20.3 Å². The number of ether oxygens (including phenoxy) is 2. The number of hydrogen-bond donors (Lipinski definition) is 1. The molecule has 0 aliphatic carbocycles. The van der Waals surface area contributed by atoms with Crippen LogP contribution in [0, 0.1) is 11.6 Å². The zero-order valence-corrected chi connectivity index (χ0v) is 19.2. The summed E-state index contributed by atoms with van der Waals surface area (Å²) in [6.45, 7) is 2.85. The second-order valence-corrected chi connectivity index (χ2v) is 8.71. The third kappa shape index (κ3) is 5.38. The molecule has 2 amide bonds. The van der Waals surface area contributed by atoms with Crippen molar-refractivity contribution in [3.8, 4) is 11.5 Å². The van der Waals surface area contributed by atoms with Gasteiger partial charge in [0.2, 0.25) is 0 Å². The topological polar surface area (TPSA) is 54.0 Å². The molecule has 0 aromatic heterocycles. The number of hydrogen-bond acceptors (Lipinski definition) is 4. The highest BCUT2D eigenvalue weighted by molar-refractivity contribution is 5.75. The lowest BCUT2D eigenvalue weighted by Gasteiger charge is -2.34. The fourth-order valence-electron chi connectivity index (χ4n) is 4.82. The second-order valence-electron chi connectivity index (χ2n) is 8.71. The lowest BCUT2D eigenvalue weighted by Crippen LogP contribution is -2.48. The summed E-state index contributed by atoms with van der Waals surface area (Å²) in [4.78, 5) is 17.2. The maximum Gasteiger partial charge on any atom is 0.318 e. The fourth-order valence-corrected chi connectivity index (χ4v) is 4.82. The van der Waals surface area contributed by atoms with E-state index in [0.717, 1.165) is 61.4 Å². The molecule has 8 heteroatoms. The highest BCUT2D eigenvalue weighted by atomic mass is 19.2. The number of halogens is 2. The van der Waals surface area contributed by atoms with Crippen molar-refractivity contribution < 1.29 is 23.0 Å². The Balaban J connectivity index is 1.33. The van der Waals surface area contributed by atoms with E-state index < -0.39 is 11.6 Å². The van der Waals surface area contributed by atoms with E-state index in [9.17, 15) is 13.6 Å². The van der Waals surface area contributed by atoms with E-state index in [1.165, 1.54) is 12.1 Å². The fraction of sp³-hybridized carbons (Fsp3) is 0.480. The van der Waals surface area contributed by atoms with Gasteiger partial charge in [-0.05, 0) is 61.6 Å². The van der Waals surface area contributed by atoms with Crippen LogP contribution in [0.5, 0.6) is 11.5 Å². The molecule has 178 valence electrons. The third-order valence-electron chi connectivity index (χ3n) is 6.61. The largest absolute Gasteiger partial charge is 0.497 e. The Morgan fingerprint density at radius 2 is 1.79 bits per heavy atom. The molecule has 1 N–H and O–H groups in total. The van der Waals surface area contributed by atoms with E-state index in [4.69, 9.17) is 9.47 Å². The van der Waals surface area contributed by atoms with Crippen LogP contribution >= 0.6 is 0 Å². The molecule has 0 radical (unpaired) electrons. The van der Waals surface area contributed by atoms with Gasteiger partial charge in [-0.25, -0.2) is 13.6 Å². The minimum Gasteiger partial charge on any atom is -0.497 e. The highest BCUT2D eigenvalue weighted by Crippen LogP contribution is 2.39. The molecule has 6 nitrogen and oxygen atoms in total. The first kappa shape index (κ1) is 23.3. The quantitative estimate of drug-likeness (QED) is 0.692. The number of benzene rings is 2. The van der Waals surface area contributed by atoms with Gasteiger partial charge in [0.05, 0.1) is 20.3 Å². The Bertz CT molecular complexity index is 979. The van der Waals surface area contributed by atoms with Crippen molar-refractivity contribution in [1.82, 2.24) is 15.1 Å². The van der Waals surface area contributed by atoms with E-state index in [0.29, 0.717) is 13.1 Å². The van der Waals surface area contributed by atoms with Crippen LogP contribution in [0.25, 0.3) is 0 Å². The molecule has 2 heterocycles. The van der Waals surface area contributed by atoms with Crippen molar-refractivity contribution in [2.24, 2.45) is 0 Å². The van der Waals surface area contributed by atoms with Gasteiger partial charge >= 0.3 is 6.03 Å². The van der Waals surface area contributed by atoms with Gasteiger partial charge in [0, 0.05) is 37.8 Å². The maximum atomic E-state index is 13.5. The molecule has 1 unspecified atom stereocenters. The normalized spacial score (nSPS) is 19.5.